The van der Waals surface area contributed by atoms with Crippen LogP contribution in [0, 0.1) is 6.92 Å². The summed E-state index contributed by atoms with van der Waals surface area (Å²) in [6, 6.07) is 1.68. The summed E-state index contributed by atoms with van der Waals surface area (Å²) in [5, 5.41) is 0. The molecule has 0 aliphatic carbocycles. The molecule has 88 valence electrons. The quantitative estimate of drug-likeness (QED) is 0.767. The fourth-order valence-electron chi connectivity index (χ4n) is 1.74. The number of carbonyl (C=O) groups excluding carboxylic acids is 1. The Bertz CT molecular complexity index is 377. The van der Waals surface area contributed by atoms with Gasteiger partial charge >= 0.3 is 0 Å². The van der Waals surface area contributed by atoms with Gasteiger partial charge in [0, 0.05) is 13.1 Å². The molecule has 1 aromatic heterocycles. The lowest BCUT2D eigenvalue weighted by Crippen LogP contribution is -2.46. The highest BCUT2D eigenvalue weighted by Crippen LogP contribution is 2.13. The van der Waals surface area contributed by atoms with Crippen LogP contribution in [0.1, 0.15) is 16.1 Å². The van der Waals surface area contributed by atoms with Gasteiger partial charge in [0.1, 0.15) is 24.8 Å². The van der Waals surface area contributed by atoms with Gasteiger partial charge in [-0.15, -0.1) is 0 Å². The molecule has 0 radical (unpaired) electrons. The maximum Gasteiger partial charge on any atom is 0.257 e. The SMILES string of the molecule is Cc1cc(C(=O)N2CCOC(CF)C2)co1. The number of rotatable bonds is 2. The molecule has 0 aromatic carbocycles. The molecule has 1 saturated heterocycles. The second-order valence-electron chi connectivity index (χ2n) is 3.84. The molecule has 0 spiro atoms. The van der Waals surface area contributed by atoms with E-state index in [9.17, 15) is 9.18 Å². The van der Waals surface area contributed by atoms with Crippen molar-refractivity contribution in [2.75, 3.05) is 26.4 Å². The van der Waals surface area contributed by atoms with Crippen LogP contribution >= 0.6 is 0 Å². The van der Waals surface area contributed by atoms with E-state index in [1.54, 1.807) is 17.9 Å². The number of alkyl halides is 1. The molecule has 1 aliphatic heterocycles. The van der Waals surface area contributed by atoms with E-state index in [0.29, 0.717) is 31.0 Å². The third-order valence-corrected chi connectivity index (χ3v) is 2.58. The largest absolute Gasteiger partial charge is 0.469 e. The first-order valence-corrected chi connectivity index (χ1v) is 5.22. The van der Waals surface area contributed by atoms with Crippen LogP contribution in [0.4, 0.5) is 4.39 Å². The molecule has 1 atom stereocenters. The highest BCUT2D eigenvalue weighted by molar-refractivity contribution is 5.94. The zero-order chi connectivity index (χ0) is 11.5. The Morgan fingerprint density at radius 3 is 3.12 bits per heavy atom. The number of hydrogen-bond acceptors (Lipinski definition) is 3. The minimum absolute atomic E-state index is 0.126. The lowest BCUT2D eigenvalue weighted by atomic mass is 10.2. The van der Waals surface area contributed by atoms with Gasteiger partial charge in [-0.05, 0) is 13.0 Å². The minimum Gasteiger partial charge on any atom is -0.469 e. The van der Waals surface area contributed by atoms with Crippen molar-refractivity contribution in [1.29, 1.82) is 0 Å². The van der Waals surface area contributed by atoms with Crippen molar-refractivity contribution in [2.24, 2.45) is 0 Å². The van der Waals surface area contributed by atoms with E-state index >= 15 is 0 Å². The summed E-state index contributed by atoms with van der Waals surface area (Å²) in [6.45, 7) is 2.41. The van der Waals surface area contributed by atoms with Crippen molar-refractivity contribution in [3.63, 3.8) is 0 Å². The lowest BCUT2D eigenvalue weighted by molar-refractivity contribution is -0.0310. The van der Waals surface area contributed by atoms with Crippen LogP contribution in [0.25, 0.3) is 0 Å². The van der Waals surface area contributed by atoms with Crippen LogP contribution < -0.4 is 0 Å². The number of ether oxygens (including phenoxy) is 1. The van der Waals surface area contributed by atoms with Crippen molar-refractivity contribution in [3.8, 4) is 0 Å². The first kappa shape index (κ1) is 11.1. The zero-order valence-electron chi connectivity index (χ0n) is 9.11. The fraction of sp³-hybridized carbons (Fsp3) is 0.545. The summed E-state index contributed by atoms with van der Waals surface area (Å²) >= 11 is 0. The van der Waals surface area contributed by atoms with Crippen LogP contribution in [-0.4, -0.2) is 43.3 Å². The van der Waals surface area contributed by atoms with Gasteiger partial charge < -0.3 is 14.1 Å². The second-order valence-corrected chi connectivity index (χ2v) is 3.84. The van der Waals surface area contributed by atoms with Crippen molar-refractivity contribution >= 4 is 5.91 Å². The third-order valence-electron chi connectivity index (χ3n) is 2.58. The zero-order valence-corrected chi connectivity index (χ0v) is 9.11. The van der Waals surface area contributed by atoms with Crippen LogP contribution in [0.15, 0.2) is 16.7 Å². The van der Waals surface area contributed by atoms with E-state index < -0.39 is 12.8 Å². The summed E-state index contributed by atoms with van der Waals surface area (Å²) in [7, 11) is 0. The maximum atomic E-state index is 12.4. The van der Waals surface area contributed by atoms with Crippen LogP contribution in [-0.2, 0) is 4.74 Å². The van der Waals surface area contributed by atoms with Gasteiger partial charge in [0.2, 0.25) is 0 Å². The minimum atomic E-state index is -0.561. The Hall–Kier alpha value is -1.36. The number of halogens is 1. The highest BCUT2D eigenvalue weighted by Gasteiger charge is 2.25. The molecular formula is C11H14FNO3. The van der Waals surface area contributed by atoms with E-state index in [2.05, 4.69) is 0 Å². The number of furan rings is 1. The summed E-state index contributed by atoms with van der Waals surface area (Å²) < 4.78 is 22.7. The predicted octanol–water partition coefficient (Wildman–Crippen LogP) is 1.40. The molecule has 0 saturated carbocycles. The van der Waals surface area contributed by atoms with Crippen molar-refractivity contribution in [3.05, 3.63) is 23.7 Å². The monoisotopic (exact) mass is 227 g/mol. The Balaban J connectivity index is 2.04. The molecule has 16 heavy (non-hydrogen) atoms. The van der Waals surface area contributed by atoms with Crippen molar-refractivity contribution in [2.45, 2.75) is 13.0 Å². The van der Waals surface area contributed by atoms with Crippen LogP contribution in [0.3, 0.4) is 0 Å². The smallest absolute Gasteiger partial charge is 0.257 e. The Kier molecular flexibility index (Phi) is 3.24. The van der Waals surface area contributed by atoms with Crippen LogP contribution in [0.2, 0.25) is 0 Å². The van der Waals surface area contributed by atoms with E-state index in [0.717, 1.165) is 0 Å². The van der Waals surface area contributed by atoms with Crippen molar-refractivity contribution < 1.29 is 18.3 Å². The molecule has 2 rings (SSSR count). The number of nitrogens with zero attached hydrogens (tertiary/aromatic N) is 1. The van der Waals surface area contributed by atoms with Gasteiger partial charge in [0.25, 0.3) is 5.91 Å². The molecule has 1 aliphatic rings. The van der Waals surface area contributed by atoms with E-state index in [1.165, 1.54) is 6.26 Å². The Labute approximate surface area is 93.0 Å². The number of aryl methyl sites for hydroxylation is 1. The normalized spacial score (nSPS) is 21.1. The van der Waals surface area contributed by atoms with Gasteiger partial charge in [-0.1, -0.05) is 0 Å². The molecule has 4 nitrogen and oxygen atoms in total. The topological polar surface area (TPSA) is 42.7 Å². The summed E-state index contributed by atoms with van der Waals surface area (Å²) in [5.74, 6) is 0.567. The summed E-state index contributed by atoms with van der Waals surface area (Å²) in [6.07, 6.45) is 0.933. The highest BCUT2D eigenvalue weighted by atomic mass is 19.1. The number of morpholine rings is 1. The first-order chi connectivity index (χ1) is 7.70. The number of carbonyl (C=O) groups is 1. The van der Waals surface area contributed by atoms with Gasteiger partial charge in [-0.2, -0.15) is 0 Å². The number of hydrogen-bond donors (Lipinski definition) is 0. The molecule has 1 unspecified atom stereocenters. The molecule has 2 heterocycles. The van der Waals surface area contributed by atoms with Gasteiger partial charge in [0.15, 0.2) is 0 Å². The molecule has 0 N–H and O–H groups in total. The van der Waals surface area contributed by atoms with E-state index in [1.807, 2.05) is 0 Å². The fourth-order valence-corrected chi connectivity index (χ4v) is 1.74. The van der Waals surface area contributed by atoms with Gasteiger partial charge in [-0.25, -0.2) is 4.39 Å². The van der Waals surface area contributed by atoms with Crippen molar-refractivity contribution in [1.82, 2.24) is 4.90 Å². The summed E-state index contributed by atoms with van der Waals surface area (Å²) in [5.41, 5.74) is 0.511. The number of amides is 1. The molecule has 1 aromatic rings. The average Bonchev–Trinajstić information content (AvgIpc) is 2.75. The third kappa shape index (κ3) is 2.24. The van der Waals surface area contributed by atoms with E-state index in [4.69, 9.17) is 9.15 Å². The maximum absolute atomic E-state index is 12.4. The average molecular weight is 227 g/mol. The van der Waals surface area contributed by atoms with Gasteiger partial charge in [-0.3, -0.25) is 4.79 Å². The Morgan fingerprint density at radius 2 is 2.50 bits per heavy atom. The summed E-state index contributed by atoms with van der Waals surface area (Å²) in [4.78, 5) is 13.6. The lowest BCUT2D eigenvalue weighted by Gasteiger charge is -2.31. The molecule has 0 bridgehead atoms. The molecule has 5 heteroatoms. The van der Waals surface area contributed by atoms with Gasteiger partial charge in [0.05, 0.1) is 12.2 Å². The Morgan fingerprint density at radius 1 is 1.69 bits per heavy atom. The molecule has 1 amide bonds. The first-order valence-electron chi connectivity index (χ1n) is 5.22. The van der Waals surface area contributed by atoms with E-state index in [-0.39, 0.29) is 5.91 Å². The second kappa shape index (κ2) is 4.65. The molecule has 1 fully saturated rings. The van der Waals surface area contributed by atoms with Crippen LogP contribution in [0.5, 0.6) is 0 Å². The predicted molar refractivity (Wildman–Crippen MR) is 55.1 cm³/mol. The molecular weight excluding hydrogens is 213 g/mol. The standard InChI is InChI=1S/C11H14FNO3/c1-8-4-9(7-16-8)11(14)13-2-3-15-10(5-12)6-13/h4,7,10H,2-3,5-6H2,1H3.